The van der Waals surface area contributed by atoms with Crippen LogP contribution >= 0.6 is 0 Å². The molecule has 0 spiro atoms. The Hall–Kier alpha value is -2.63. The van der Waals surface area contributed by atoms with Gasteiger partial charge < -0.3 is 9.73 Å². The van der Waals surface area contributed by atoms with E-state index in [0.717, 1.165) is 5.57 Å². The molecule has 1 amide bonds. The Labute approximate surface area is 122 Å². The normalized spacial score (nSPS) is 10.2. The average molecular weight is 287 g/mol. The summed E-state index contributed by atoms with van der Waals surface area (Å²) in [6.07, 6.45) is 3.06. The second kappa shape index (κ2) is 6.69. The SMILES string of the molecule is CC(C)=CC(=O)NCCn1nc(-c2ccco2)ccc1=O. The van der Waals surface area contributed by atoms with E-state index in [4.69, 9.17) is 4.42 Å². The molecule has 0 aliphatic carbocycles. The molecule has 0 saturated carbocycles. The van der Waals surface area contributed by atoms with Crippen molar-refractivity contribution in [3.8, 4) is 11.5 Å². The van der Waals surface area contributed by atoms with Crippen LogP contribution in [0.4, 0.5) is 0 Å². The van der Waals surface area contributed by atoms with Crippen molar-refractivity contribution in [3.05, 3.63) is 52.5 Å². The first kappa shape index (κ1) is 14.8. The Kier molecular flexibility index (Phi) is 4.71. The third-order valence-corrected chi connectivity index (χ3v) is 2.68. The van der Waals surface area contributed by atoms with Gasteiger partial charge in [0.1, 0.15) is 5.69 Å². The molecular formula is C15H17N3O3. The van der Waals surface area contributed by atoms with E-state index in [1.807, 2.05) is 13.8 Å². The minimum atomic E-state index is -0.221. The minimum absolute atomic E-state index is 0.176. The predicted octanol–water partition coefficient (Wildman–Crippen LogP) is 1.59. The summed E-state index contributed by atoms with van der Waals surface area (Å²) in [5.74, 6) is 0.419. The van der Waals surface area contributed by atoms with Gasteiger partial charge in [0.25, 0.3) is 5.56 Å². The van der Waals surface area contributed by atoms with Gasteiger partial charge in [-0.15, -0.1) is 0 Å². The second-order valence-corrected chi connectivity index (χ2v) is 4.77. The van der Waals surface area contributed by atoms with Crippen molar-refractivity contribution < 1.29 is 9.21 Å². The Balaban J connectivity index is 2.03. The van der Waals surface area contributed by atoms with Crippen molar-refractivity contribution in [1.82, 2.24) is 15.1 Å². The highest BCUT2D eigenvalue weighted by Gasteiger charge is 2.05. The van der Waals surface area contributed by atoms with Gasteiger partial charge in [0.15, 0.2) is 5.76 Å². The molecule has 110 valence electrons. The summed E-state index contributed by atoms with van der Waals surface area (Å²) >= 11 is 0. The molecule has 2 rings (SSSR count). The van der Waals surface area contributed by atoms with Crippen molar-refractivity contribution in [2.24, 2.45) is 0 Å². The molecule has 0 radical (unpaired) electrons. The molecule has 0 aliphatic rings. The topological polar surface area (TPSA) is 77.1 Å². The zero-order valence-corrected chi connectivity index (χ0v) is 12.0. The molecule has 1 N–H and O–H groups in total. The summed E-state index contributed by atoms with van der Waals surface area (Å²) in [7, 11) is 0. The van der Waals surface area contributed by atoms with Crippen molar-refractivity contribution >= 4 is 5.91 Å². The van der Waals surface area contributed by atoms with E-state index in [1.54, 1.807) is 24.5 Å². The molecule has 0 fully saturated rings. The maximum Gasteiger partial charge on any atom is 0.266 e. The molecule has 21 heavy (non-hydrogen) atoms. The zero-order chi connectivity index (χ0) is 15.2. The van der Waals surface area contributed by atoms with Gasteiger partial charge in [0, 0.05) is 18.7 Å². The highest BCUT2D eigenvalue weighted by atomic mass is 16.3. The lowest BCUT2D eigenvalue weighted by atomic mass is 10.3. The predicted molar refractivity (Wildman–Crippen MR) is 78.6 cm³/mol. The highest BCUT2D eigenvalue weighted by molar-refractivity contribution is 5.87. The number of furan rings is 1. The molecule has 2 aromatic heterocycles. The van der Waals surface area contributed by atoms with Gasteiger partial charge in [-0.05, 0) is 32.0 Å². The maximum atomic E-state index is 11.7. The smallest absolute Gasteiger partial charge is 0.266 e. The van der Waals surface area contributed by atoms with Crippen LogP contribution in [0, 0.1) is 0 Å². The van der Waals surface area contributed by atoms with E-state index in [1.165, 1.54) is 16.8 Å². The van der Waals surface area contributed by atoms with Crippen molar-refractivity contribution in [2.75, 3.05) is 6.54 Å². The van der Waals surface area contributed by atoms with E-state index >= 15 is 0 Å². The van der Waals surface area contributed by atoms with Gasteiger partial charge in [-0.25, -0.2) is 4.68 Å². The highest BCUT2D eigenvalue weighted by Crippen LogP contribution is 2.14. The molecule has 0 atom stereocenters. The number of rotatable bonds is 5. The molecule has 2 aromatic rings. The maximum absolute atomic E-state index is 11.7. The van der Waals surface area contributed by atoms with Crippen molar-refractivity contribution in [1.29, 1.82) is 0 Å². The molecule has 6 nitrogen and oxygen atoms in total. The van der Waals surface area contributed by atoms with Crippen molar-refractivity contribution in [3.63, 3.8) is 0 Å². The molecule has 0 saturated heterocycles. The van der Waals surface area contributed by atoms with Crippen LogP contribution in [-0.4, -0.2) is 22.2 Å². The van der Waals surface area contributed by atoms with E-state index in [0.29, 0.717) is 24.5 Å². The van der Waals surface area contributed by atoms with E-state index in [9.17, 15) is 9.59 Å². The molecule has 0 bridgehead atoms. The Bertz CT molecular complexity index is 695. The van der Waals surface area contributed by atoms with Crippen LogP contribution < -0.4 is 10.9 Å². The van der Waals surface area contributed by atoms with Crippen molar-refractivity contribution in [2.45, 2.75) is 20.4 Å². The fourth-order valence-electron chi connectivity index (χ4n) is 1.76. The fourth-order valence-corrected chi connectivity index (χ4v) is 1.76. The summed E-state index contributed by atoms with van der Waals surface area (Å²) in [6.45, 7) is 4.32. The van der Waals surface area contributed by atoms with Gasteiger partial charge >= 0.3 is 0 Å². The number of nitrogens with one attached hydrogen (secondary N) is 1. The second-order valence-electron chi connectivity index (χ2n) is 4.77. The molecule has 0 aromatic carbocycles. The quantitative estimate of drug-likeness (QED) is 0.847. The number of amides is 1. The summed E-state index contributed by atoms with van der Waals surface area (Å²) in [6, 6.07) is 6.57. The lowest BCUT2D eigenvalue weighted by Gasteiger charge is -2.06. The summed E-state index contributed by atoms with van der Waals surface area (Å²) in [5, 5.41) is 6.92. The van der Waals surface area contributed by atoms with Crippen LogP contribution in [0.5, 0.6) is 0 Å². The van der Waals surface area contributed by atoms with Crippen LogP contribution in [0.3, 0.4) is 0 Å². The van der Waals surface area contributed by atoms with Gasteiger partial charge in [-0.2, -0.15) is 5.10 Å². The Morgan fingerprint density at radius 2 is 2.19 bits per heavy atom. The lowest BCUT2D eigenvalue weighted by molar-refractivity contribution is -0.116. The first-order chi connectivity index (χ1) is 10.1. The zero-order valence-electron chi connectivity index (χ0n) is 12.0. The van der Waals surface area contributed by atoms with Crippen LogP contribution in [0.25, 0.3) is 11.5 Å². The number of carbonyl (C=O) groups excluding carboxylic acids is 1. The molecular weight excluding hydrogens is 270 g/mol. The third-order valence-electron chi connectivity index (χ3n) is 2.68. The summed E-state index contributed by atoms with van der Waals surface area (Å²) in [5.41, 5.74) is 1.28. The summed E-state index contributed by atoms with van der Waals surface area (Å²) < 4.78 is 6.55. The minimum Gasteiger partial charge on any atom is -0.463 e. The number of hydrogen-bond donors (Lipinski definition) is 1. The first-order valence-electron chi connectivity index (χ1n) is 6.61. The van der Waals surface area contributed by atoms with Crippen LogP contribution in [0.15, 0.2) is 51.4 Å². The van der Waals surface area contributed by atoms with Crippen LogP contribution in [-0.2, 0) is 11.3 Å². The Morgan fingerprint density at radius 1 is 1.38 bits per heavy atom. The number of nitrogens with zero attached hydrogens (tertiary/aromatic N) is 2. The third kappa shape index (κ3) is 4.17. The largest absolute Gasteiger partial charge is 0.463 e. The van der Waals surface area contributed by atoms with E-state index in [2.05, 4.69) is 10.4 Å². The monoisotopic (exact) mass is 287 g/mol. The van der Waals surface area contributed by atoms with Gasteiger partial charge in [-0.3, -0.25) is 9.59 Å². The average Bonchev–Trinajstić information content (AvgIpc) is 2.94. The van der Waals surface area contributed by atoms with Gasteiger partial charge in [0.05, 0.1) is 12.8 Å². The summed E-state index contributed by atoms with van der Waals surface area (Å²) in [4.78, 5) is 23.2. The van der Waals surface area contributed by atoms with E-state index < -0.39 is 0 Å². The molecule has 0 aliphatic heterocycles. The Morgan fingerprint density at radius 3 is 2.86 bits per heavy atom. The van der Waals surface area contributed by atoms with Crippen LogP contribution in [0.1, 0.15) is 13.8 Å². The number of allylic oxidation sites excluding steroid dienone is 1. The molecule has 6 heteroatoms. The van der Waals surface area contributed by atoms with Crippen LogP contribution in [0.2, 0.25) is 0 Å². The number of hydrogen-bond acceptors (Lipinski definition) is 4. The number of carbonyl (C=O) groups is 1. The number of aromatic nitrogens is 2. The molecule has 2 heterocycles. The molecule has 0 unspecified atom stereocenters. The standard InChI is InChI=1S/C15H17N3O3/c1-11(2)10-14(19)16-7-8-18-15(20)6-5-12(17-18)13-4-3-9-21-13/h3-6,9-10H,7-8H2,1-2H3,(H,16,19). The van der Waals surface area contributed by atoms with Gasteiger partial charge in [-0.1, -0.05) is 5.57 Å². The lowest BCUT2D eigenvalue weighted by Crippen LogP contribution is -2.31. The van der Waals surface area contributed by atoms with Gasteiger partial charge in [0.2, 0.25) is 5.91 Å². The first-order valence-corrected chi connectivity index (χ1v) is 6.61. The van der Waals surface area contributed by atoms with E-state index in [-0.39, 0.29) is 11.5 Å². The fraction of sp³-hybridized carbons (Fsp3) is 0.267.